The van der Waals surface area contributed by atoms with Gasteiger partial charge >= 0.3 is 0 Å². The molecule has 2 N–H and O–H groups in total. The first-order valence-corrected chi connectivity index (χ1v) is 7.91. The van der Waals surface area contributed by atoms with Gasteiger partial charge in [-0.1, -0.05) is 38.8 Å². The number of carbonyl (C=O) groups is 1. The van der Waals surface area contributed by atoms with E-state index >= 15 is 0 Å². The van der Waals surface area contributed by atoms with Crippen molar-refractivity contribution in [1.29, 1.82) is 0 Å². The molecular weight excluding hydrogens is 264 g/mol. The van der Waals surface area contributed by atoms with E-state index in [-0.39, 0.29) is 5.91 Å². The molecule has 4 heteroatoms. The first kappa shape index (κ1) is 17.5. The Balaban J connectivity index is 2.42. The van der Waals surface area contributed by atoms with Gasteiger partial charge in [-0.2, -0.15) is 0 Å². The van der Waals surface area contributed by atoms with Gasteiger partial charge in [0.25, 0.3) is 5.91 Å². The van der Waals surface area contributed by atoms with Crippen molar-refractivity contribution in [3.05, 3.63) is 29.8 Å². The summed E-state index contributed by atoms with van der Waals surface area (Å²) in [4.78, 5) is 11.9. The number of rotatable bonds is 10. The van der Waals surface area contributed by atoms with Gasteiger partial charge in [0.1, 0.15) is 5.75 Å². The standard InChI is InChI=1S/C17H28N2O2/c1-4-6-7-11-19-17(20)14(3)21-16-10-8-9-15(12-16)13-18-5-2/h8-10,12,14,18H,4-7,11,13H2,1-3H3,(H,19,20). The summed E-state index contributed by atoms with van der Waals surface area (Å²) in [6.45, 7) is 8.47. The van der Waals surface area contributed by atoms with E-state index in [1.807, 2.05) is 24.3 Å². The van der Waals surface area contributed by atoms with Crippen LogP contribution in [0.25, 0.3) is 0 Å². The van der Waals surface area contributed by atoms with Crippen LogP contribution in [0.3, 0.4) is 0 Å². The molecule has 118 valence electrons. The van der Waals surface area contributed by atoms with Crippen molar-refractivity contribution in [2.75, 3.05) is 13.1 Å². The average Bonchev–Trinajstić information content (AvgIpc) is 2.49. The molecule has 1 aromatic carbocycles. The molecule has 1 atom stereocenters. The van der Waals surface area contributed by atoms with Gasteiger partial charge in [-0.25, -0.2) is 0 Å². The molecule has 0 aliphatic rings. The van der Waals surface area contributed by atoms with Crippen molar-refractivity contribution < 1.29 is 9.53 Å². The van der Waals surface area contributed by atoms with Crippen LogP contribution in [0.5, 0.6) is 5.75 Å². The SMILES string of the molecule is CCCCCNC(=O)C(C)Oc1cccc(CNCC)c1. The highest BCUT2D eigenvalue weighted by atomic mass is 16.5. The van der Waals surface area contributed by atoms with E-state index in [4.69, 9.17) is 4.74 Å². The van der Waals surface area contributed by atoms with Crippen LogP contribution in [-0.2, 0) is 11.3 Å². The minimum atomic E-state index is -0.471. The Morgan fingerprint density at radius 1 is 1.29 bits per heavy atom. The van der Waals surface area contributed by atoms with E-state index in [1.54, 1.807) is 6.92 Å². The fourth-order valence-electron chi connectivity index (χ4n) is 1.99. The Morgan fingerprint density at radius 3 is 2.81 bits per heavy atom. The molecule has 1 rings (SSSR count). The van der Waals surface area contributed by atoms with E-state index in [0.717, 1.165) is 50.2 Å². The first-order chi connectivity index (χ1) is 10.2. The average molecular weight is 292 g/mol. The Labute approximate surface area is 128 Å². The summed E-state index contributed by atoms with van der Waals surface area (Å²) in [5.41, 5.74) is 1.16. The van der Waals surface area contributed by atoms with E-state index < -0.39 is 6.10 Å². The van der Waals surface area contributed by atoms with Gasteiger partial charge in [0.15, 0.2) is 6.10 Å². The fraction of sp³-hybridized carbons (Fsp3) is 0.588. The van der Waals surface area contributed by atoms with E-state index in [9.17, 15) is 4.79 Å². The molecule has 0 fully saturated rings. The number of ether oxygens (including phenoxy) is 1. The van der Waals surface area contributed by atoms with Gasteiger partial charge in [-0.15, -0.1) is 0 Å². The van der Waals surface area contributed by atoms with Crippen LogP contribution >= 0.6 is 0 Å². The monoisotopic (exact) mass is 292 g/mol. The normalized spacial score (nSPS) is 12.0. The number of nitrogens with one attached hydrogen (secondary N) is 2. The van der Waals surface area contributed by atoms with Crippen molar-refractivity contribution >= 4 is 5.91 Å². The van der Waals surface area contributed by atoms with Crippen LogP contribution in [0.1, 0.15) is 45.6 Å². The zero-order valence-electron chi connectivity index (χ0n) is 13.4. The third kappa shape index (κ3) is 7.14. The molecule has 21 heavy (non-hydrogen) atoms. The zero-order valence-corrected chi connectivity index (χ0v) is 13.4. The lowest BCUT2D eigenvalue weighted by Crippen LogP contribution is -2.36. The maximum absolute atomic E-state index is 11.9. The summed E-state index contributed by atoms with van der Waals surface area (Å²) in [5.74, 6) is 0.685. The number of hydrogen-bond acceptors (Lipinski definition) is 3. The lowest BCUT2D eigenvalue weighted by Gasteiger charge is -2.15. The van der Waals surface area contributed by atoms with Gasteiger partial charge in [-0.3, -0.25) is 4.79 Å². The van der Waals surface area contributed by atoms with Crippen molar-refractivity contribution in [3.63, 3.8) is 0 Å². The minimum absolute atomic E-state index is 0.0526. The maximum atomic E-state index is 11.9. The fourth-order valence-corrected chi connectivity index (χ4v) is 1.99. The van der Waals surface area contributed by atoms with Crippen molar-refractivity contribution in [2.45, 2.75) is 52.7 Å². The predicted molar refractivity (Wildman–Crippen MR) is 86.4 cm³/mol. The van der Waals surface area contributed by atoms with Gasteiger partial charge in [-0.05, 0) is 37.6 Å². The number of carbonyl (C=O) groups excluding carboxylic acids is 1. The van der Waals surface area contributed by atoms with Crippen molar-refractivity contribution in [2.24, 2.45) is 0 Å². The number of hydrogen-bond donors (Lipinski definition) is 2. The highest BCUT2D eigenvalue weighted by molar-refractivity contribution is 5.80. The minimum Gasteiger partial charge on any atom is -0.481 e. The molecule has 4 nitrogen and oxygen atoms in total. The first-order valence-electron chi connectivity index (χ1n) is 7.91. The largest absolute Gasteiger partial charge is 0.481 e. The molecule has 0 heterocycles. The maximum Gasteiger partial charge on any atom is 0.260 e. The zero-order chi connectivity index (χ0) is 15.5. The lowest BCUT2D eigenvalue weighted by molar-refractivity contribution is -0.127. The van der Waals surface area contributed by atoms with Crippen LogP contribution in [-0.4, -0.2) is 25.1 Å². The number of benzene rings is 1. The molecular formula is C17H28N2O2. The van der Waals surface area contributed by atoms with Crippen LogP contribution < -0.4 is 15.4 Å². The summed E-state index contributed by atoms with van der Waals surface area (Å²) >= 11 is 0. The highest BCUT2D eigenvalue weighted by Crippen LogP contribution is 2.15. The summed E-state index contributed by atoms with van der Waals surface area (Å²) in [6.07, 6.45) is 2.84. The third-order valence-electron chi connectivity index (χ3n) is 3.24. The van der Waals surface area contributed by atoms with Gasteiger partial charge < -0.3 is 15.4 Å². The van der Waals surface area contributed by atoms with E-state index in [1.165, 1.54) is 0 Å². The summed E-state index contributed by atoms with van der Waals surface area (Å²) in [5, 5.41) is 6.18. The summed E-state index contributed by atoms with van der Waals surface area (Å²) in [6, 6.07) is 7.86. The molecule has 0 aliphatic carbocycles. The quantitative estimate of drug-likeness (QED) is 0.652. The Bertz CT molecular complexity index is 421. The molecule has 0 saturated carbocycles. The second-order valence-corrected chi connectivity index (χ2v) is 5.19. The second-order valence-electron chi connectivity index (χ2n) is 5.19. The van der Waals surface area contributed by atoms with Crippen LogP contribution in [0.15, 0.2) is 24.3 Å². The molecule has 0 radical (unpaired) electrons. The van der Waals surface area contributed by atoms with Crippen molar-refractivity contribution in [1.82, 2.24) is 10.6 Å². The third-order valence-corrected chi connectivity index (χ3v) is 3.24. The lowest BCUT2D eigenvalue weighted by atomic mass is 10.2. The second kappa shape index (κ2) is 10.2. The smallest absolute Gasteiger partial charge is 0.260 e. The molecule has 0 aromatic heterocycles. The Morgan fingerprint density at radius 2 is 2.10 bits per heavy atom. The summed E-state index contributed by atoms with van der Waals surface area (Å²) in [7, 11) is 0. The van der Waals surface area contributed by atoms with Crippen LogP contribution in [0.2, 0.25) is 0 Å². The number of unbranched alkanes of at least 4 members (excludes halogenated alkanes) is 2. The molecule has 0 saturated heterocycles. The van der Waals surface area contributed by atoms with Gasteiger partial charge in [0.2, 0.25) is 0 Å². The Hall–Kier alpha value is -1.55. The highest BCUT2D eigenvalue weighted by Gasteiger charge is 2.13. The molecule has 0 aliphatic heterocycles. The molecule has 0 bridgehead atoms. The van der Waals surface area contributed by atoms with Crippen molar-refractivity contribution in [3.8, 4) is 5.75 Å². The van der Waals surface area contributed by atoms with E-state index in [0.29, 0.717) is 0 Å². The van der Waals surface area contributed by atoms with Crippen LogP contribution in [0, 0.1) is 0 Å². The molecule has 1 aromatic rings. The summed E-state index contributed by atoms with van der Waals surface area (Å²) < 4.78 is 5.71. The van der Waals surface area contributed by atoms with Crippen LogP contribution in [0.4, 0.5) is 0 Å². The predicted octanol–water partition coefficient (Wildman–Crippen LogP) is 2.87. The van der Waals surface area contributed by atoms with Gasteiger partial charge in [0, 0.05) is 13.1 Å². The topological polar surface area (TPSA) is 50.4 Å². The van der Waals surface area contributed by atoms with E-state index in [2.05, 4.69) is 24.5 Å². The number of amides is 1. The van der Waals surface area contributed by atoms with Gasteiger partial charge in [0.05, 0.1) is 0 Å². The molecule has 1 unspecified atom stereocenters. The molecule has 1 amide bonds. The molecule has 0 spiro atoms. The Kier molecular flexibility index (Phi) is 8.51.